The van der Waals surface area contributed by atoms with E-state index in [1.165, 1.54) is 53.4 Å². The predicted octanol–water partition coefficient (Wildman–Crippen LogP) is 3.18. The van der Waals surface area contributed by atoms with Crippen molar-refractivity contribution >= 4 is 10.9 Å². The van der Waals surface area contributed by atoms with Gasteiger partial charge >= 0.3 is 0 Å². The van der Waals surface area contributed by atoms with Crippen molar-refractivity contribution in [1.82, 2.24) is 4.98 Å². The van der Waals surface area contributed by atoms with Crippen molar-refractivity contribution in [1.29, 1.82) is 0 Å². The quantitative estimate of drug-likeness (QED) is 0.682. The topological polar surface area (TPSA) is 15.8 Å². The zero-order valence-electron chi connectivity index (χ0n) is 11.3. The third kappa shape index (κ3) is 1.08. The van der Waals surface area contributed by atoms with E-state index in [0.29, 0.717) is 5.54 Å². The Kier molecular flexibility index (Phi) is 1.88. The van der Waals surface area contributed by atoms with Gasteiger partial charge in [-0.05, 0) is 18.6 Å². The highest BCUT2D eigenvalue weighted by Gasteiger charge is 2.54. The molecule has 4 rings (SSSR count). The first kappa shape index (κ1) is 10.6. The van der Waals surface area contributed by atoms with Crippen LogP contribution in [0.3, 0.4) is 0 Å². The van der Waals surface area contributed by atoms with Crippen molar-refractivity contribution in [2.45, 2.75) is 31.7 Å². The molecule has 0 spiro atoms. The highest BCUT2D eigenvalue weighted by Crippen LogP contribution is 2.48. The second-order valence-corrected chi connectivity index (χ2v) is 6.49. The zero-order valence-corrected chi connectivity index (χ0v) is 11.3. The molecule has 2 unspecified atom stereocenters. The summed E-state index contributed by atoms with van der Waals surface area (Å²) in [5, 5.41) is 1.45. The maximum absolute atomic E-state index is 3.74. The molecule has 1 aromatic carbocycles. The number of aromatic nitrogens is 1. The first-order valence-corrected chi connectivity index (χ1v) is 7.09. The molecule has 0 bridgehead atoms. The molecule has 2 atom stereocenters. The largest absolute Gasteiger partial charge is 0.353 e. The van der Waals surface area contributed by atoms with Gasteiger partial charge in [-0.25, -0.2) is 0 Å². The Labute approximate surface area is 108 Å². The Morgan fingerprint density at radius 1 is 1.22 bits per heavy atom. The van der Waals surface area contributed by atoms with E-state index in [0.717, 1.165) is 0 Å². The van der Waals surface area contributed by atoms with Crippen LogP contribution in [-0.4, -0.2) is 29.6 Å². The maximum Gasteiger partial charge on any atom is 0.137 e. The number of para-hydroxylation sites is 1. The summed E-state index contributed by atoms with van der Waals surface area (Å²) < 4.78 is 1.23. The minimum Gasteiger partial charge on any atom is -0.353 e. The maximum atomic E-state index is 3.74. The van der Waals surface area contributed by atoms with Crippen LogP contribution >= 0.6 is 0 Å². The molecule has 2 aliphatic heterocycles. The molecule has 94 valence electrons. The molecule has 1 saturated heterocycles. The summed E-state index contributed by atoms with van der Waals surface area (Å²) in [6.07, 6.45) is 3.91. The summed E-state index contributed by atoms with van der Waals surface area (Å²) in [6, 6.07) is 8.79. The number of rotatable bonds is 0. The van der Waals surface area contributed by atoms with Crippen LogP contribution in [0.4, 0.5) is 0 Å². The fourth-order valence-electron chi connectivity index (χ4n) is 4.32. The molecule has 3 heterocycles. The Morgan fingerprint density at radius 2 is 2.06 bits per heavy atom. The lowest BCUT2D eigenvalue weighted by molar-refractivity contribution is -0.954. The molecule has 2 heteroatoms. The fourth-order valence-corrected chi connectivity index (χ4v) is 4.32. The highest BCUT2D eigenvalue weighted by molar-refractivity contribution is 5.85. The molecule has 1 fully saturated rings. The summed E-state index contributed by atoms with van der Waals surface area (Å²) in [7, 11) is 2.45. The monoisotopic (exact) mass is 241 g/mol. The Bertz CT molecular complexity index is 627. The van der Waals surface area contributed by atoms with Crippen molar-refractivity contribution in [2.75, 3.05) is 20.1 Å². The highest BCUT2D eigenvalue weighted by atomic mass is 15.4. The molecule has 2 aliphatic rings. The number of hydrogen-bond donors (Lipinski definition) is 1. The fraction of sp³-hybridized carbons (Fsp3) is 0.500. The van der Waals surface area contributed by atoms with Crippen LogP contribution in [0.25, 0.3) is 10.9 Å². The SMILES string of the molecule is CC12CCC[N+]1(C)CCc1c2[nH]c2ccccc12. The second kappa shape index (κ2) is 3.18. The standard InChI is InChI=1S/C16H21N2/c1-16-9-5-10-18(16,2)11-8-13-12-6-3-4-7-14(12)17-15(13)16/h3-4,6-7,17H,5,8-11H2,1-2H3/q+1. The van der Waals surface area contributed by atoms with E-state index in [-0.39, 0.29) is 0 Å². The van der Waals surface area contributed by atoms with Crippen LogP contribution < -0.4 is 0 Å². The smallest absolute Gasteiger partial charge is 0.137 e. The van der Waals surface area contributed by atoms with Gasteiger partial charge in [-0.2, -0.15) is 0 Å². The van der Waals surface area contributed by atoms with Crippen molar-refractivity contribution in [3.8, 4) is 0 Å². The molecular formula is C16H21N2+. The van der Waals surface area contributed by atoms with Gasteiger partial charge in [0.1, 0.15) is 5.54 Å². The van der Waals surface area contributed by atoms with E-state index < -0.39 is 0 Å². The number of likely N-dealkylation sites (N-methyl/N-ethyl adjacent to an activating group) is 1. The van der Waals surface area contributed by atoms with Gasteiger partial charge in [0, 0.05) is 30.2 Å². The van der Waals surface area contributed by atoms with E-state index in [9.17, 15) is 0 Å². The van der Waals surface area contributed by atoms with Gasteiger partial charge in [0.05, 0.1) is 25.8 Å². The molecular weight excluding hydrogens is 220 g/mol. The van der Waals surface area contributed by atoms with E-state index in [1.807, 2.05) is 0 Å². The van der Waals surface area contributed by atoms with Gasteiger partial charge in [0.2, 0.25) is 0 Å². The molecule has 2 nitrogen and oxygen atoms in total. The van der Waals surface area contributed by atoms with E-state index in [1.54, 1.807) is 5.56 Å². The van der Waals surface area contributed by atoms with Gasteiger partial charge in [0.15, 0.2) is 0 Å². The number of fused-ring (bicyclic) bond motifs is 5. The number of aromatic amines is 1. The minimum absolute atomic E-state index is 0.312. The molecule has 18 heavy (non-hydrogen) atoms. The lowest BCUT2D eigenvalue weighted by Gasteiger charge is -2.47. The normalized spacial score (nSPS) is 34.6. The molecule has 0 aliphatic carbocycles. The van der Waals surface area contributed by atoms with Crippen LogP contribution in [0.2, 0.25) is 0 Å². The average molecular weight is 241 g/mol. The van der Waals surface area contributed by atoms with Gasteiger partial charge < -0.3 is 9.47 Å². The number of hydrogen-bond acceptors (Lipinski definition) is 0. The molecule has 0 radical (unpaired) electrons. The van der Waals surface area contributed by atoms with E-state index in [2.05, 4.69) is 43.2 Å². The van der Waals surface area contributed by atoms with Gasteiger partial charge in [-0.1, -0.05) is 18.2 Å². The number of benzene rings is 1. The average Bonchev–Trinajstić information content (AvgIpc) is 2.88. The van der Waals surface area contributed by atoms with Gasteiger partial charge in [-0.3, -0.25) is 0 Å². The minimum atomic E-state index is 0.312. The van der Waals surface area contributed by atoms with Crippen LogP contribution in [0, 0.1) is 0 Å². The number of nitrogens with zero attached hydrogens (tertiary/aromatic N) is 1. The summed E-state index contributed by atoms with van der Waals surface area (Å²) in [4.78, 5) is 3.74. The van der Waals surface area contributed by atoms with Gasteiger partial charge in [0.25, 0.3) is 0 Å². The first-order chi connectivity index (χ1) is 8.64. The summed E-state index contributed by atoms with van der Waals surface area (Å²) in [5.41, 5.74) is 4.75. The first-order valence-electron chi connectivity index (χ1n) is 7.09. The van der Waals surface area contributed by atoms with Crippen LogP contribution in [0.5, 0.6) is 0 Å². The Balaban J connectivity index is 2.03. The van der Waals surface area contributed by atoms with E-state index >= 15 is 0 Å². The lowest BCUT2D eigenvalue weighted by atomic mass is 9.84. The summed E-state index contributed by atoms with van der Waals surface area (Å²) in [5.74, 6) is 0. The molecule has 2 aromatic rings. The third-order valence-corrected chi connectivity index (χ3v) is 5.71. The lowest BCUT2D eigenvalue weighted by Crippen LogP contribution is -2.57. The third-order valence-electron chi connectivity index (χ3n) is 5.71. The second-order valence-electron chi connectivity index (χ2n) is 6.49. The molecule has 1 aromatic heterocycles. The number of quaternary nitrogens is 1. The Hall–Kier alpha value is -1.28. The summed E-state index contributed by atoms with van der Waals surface area (Å²) in [6.45, 7) is 5.10. The molecule has 0 saturated carbocycles. The van der Waals surface area contributed by atoms with Crippen molar-refractivity contribution < 1.29 is 4.48 Å². The molecule has 1 N–H and O–H groups in total. The zero-order chi connectivity index (χ0) is 12.4. The van der Waals surface area contributed by atoms with Crippen molar-refractivity contribution in [3.63, 3.8) is 0 Å². The van der Waals surface area contributed by atoms with Crippen LogP contribution in [0.15, 0.2) is 24.3 Å². The van der Waals surface area contributed by atoms with Crippen molar-refractivity contribution in [3.05, 3.63) is 35.5 Å². The van der Waals surface area contributed by atoms with Crippen molar-refractivity contribution in [2.24, 2.45) is 0 Å². The van der Waals surface area contributed by atoms with Crippen LogP contribution in [0.1, 0.15) is 31.0 Å². The van der Waals surface area contributed by atoms with Gasteiger partial charge in [-0.15, -0.1) is 0 Å². The molecule has 0 amide bonds. The Morgan fingerprint density at radius 3 is 2.94 bits per heavy atom. The number of nitrogens with one attached hydrogen (secondary N) is 1. The van der Waals surface area contributed by atoms with Crippen LogP contribution in [-0.2, 0) is 12.0 Å². The predicted molar refractivity (Wildman–Crippen MR) is 74.5 cm³/mol. The number of H-pyrrole nitrogens is 1. The van der Waals surface area contributed by atoms with E-state index in [4.69, 9.17) is 0 Å². The summed E-state index contributed by atoms with van der Waals surface area (Å²) >= 11 is 0.